The molecule has 0 N–H and O–H groups in total. The van der Waals surface area contributed by atoms with Crippen LogP contribution >= 0.6 is 0 Å². The molecule has 0 bridgehead atoms. The molecule has 1 unspecified atom stereocenters. The number of nitrogens with zero attached hydrogens (tertiary/aromatic N) is 1. The maximum Gasteiger partial charge on any atom is 0.119 e. The van der Waals surface area contributed by atoms with E-state index in [1.807, 2.05) is 0 Å². The minimum absolute atomic E-state index is 0.209. The summed E-state index contributed by atoms with van der Waals surface area (Å²) >= 11 is 0. The molecule has 19 heavy (non-hydrogen) atoms. The summed E-state index contributed by atoms with van der Waals surface area (Å²) in [5.41, 5.74) is 1.57. The highest BCUT2D eigenvalue weighted by atomic mass is 16.5. The Kier molecular flexibility index (Phi) is 4.19. The minimum atomic E-state index is 0.209. The molecular weight excluding hydrogens is 234 g/mol. The zero-order valence-electron chi connectivity index (χ0n) is 12.9. The van der Waals surface area contributed by atoms with Crippen molar-refractivity contribution >= 4 is 0 Å². The van der Waals surface area contributed by atoms with E-state index in [2.05, 4.69) is 63.8 Å². The summed E-state index contributed by atoms with van der Waals surface area (Å²) in [5.74, 6) is 1.00. The molecule has 1 atom stereocenters. The summed E-state index contributed by atoms with van der Waals surface area (Å²) in [6, 6.07) is 9.21. The van der Waals surface area contributed by atoms with Crippen LogP contribution < -0.4 is 4.74 Å². The van der Waals surface area contributed by atoms with E-state index in [-0.39, 0.29) is 5.41 Å². The molecule has 2 nitrogen and oxygen atoms in total. The third kappa shape index (κ3) is 3.73. The Morgan fingerprint density at radius 1 is 1.16 bits per heavy atom. The lowest BCUT2D eigenvalue weighted by Gasteiger charge is -2.21. The Morgan fingerprint density at radius 2 is 1.79 bits per heavy atom. The van der Waals surface area contributed by atoms with Gasteiger partial charge in [0.2, 0.25) is 0 Å². The highest BCUT2D eigenvalue weighted by molar-refractivity contribution is 5.31. The molecule has 0 aliphatic carbocycles. The second-order valence-electron chi connectivity index (χ2n) is 6.89. The summed E-state index contributed by atoms with van der Waals surface area (Å²) in [5, 5.41) is 0. The van der Waals surface area contributed by atoms with Crippen LogP contribution in [0.5, 0.6) is 5.75 Å². The van der Waals surface area contributed by atoms with E-state index >= 15 is 0 Å². The van der Waals surface area contributed by atoms with E-state index in [0.29, 0.717) is 12.1 Å². The summed E-state index contributed by atoms with van der Waals surface area (Å²) in [4.78, 5) is 2.48. The van der Waals surface area contributed by atoms with Crippen LogP contribution in [0.4, 0.5) is 0 Å². The summed E-state index contributed by atoms with van der Waals surface area (Å²) < 4.78 is 6.08. The molecule has 0 amide bonds. The lowest BCUT2D eigenvalue weighted by Crippen LogP contribution is -2.30. The number of hydrogen-bond acceptors (Lipinski definition) is 2. The second kappa shape index (κ2) is 5.54. The molecule has 1 aliphatic heterocycles. The first kappa shape index (κ1) is 14.4. The molecular formula is C17H27NO. The Labute approximate surface area is 117 Å². The normalized spacial score (nSPS) is 21.1. The van der Waals surface area contributed by atoms with Crippen LogP contribution in [0.25, 0.3) is 0 Å². The Morgan fingerprint density at radius 3 is 2.26 bits per heavy atom. The van der Waals surface area contributed by atoms with Crippen molar-refractivity contribution in [1.82, 2.24) is 4.90 Å². The monoisotopic (exact) mass is 261 g/mol. The molecule has 106 valence electrons. The van der Waals surface area contributed by atoms with Crippen LogP contribution in [0.1, 0.15) is 46.6 Å². The van der Waals surface area contributed by atoms with E-state index in [0.717, 1.165) is 25.3 Å². The molecule has 1 aromatic rings. The summed E-state index contributed by atoms with van der Waals surface area (Å²) in [7, 11) is 0. The molecule has 0 spiro atoms. The molecule has 1 aliphatic rings. The number of ether oxygens (including phenoxy) is 1. The van der Waals surface area contributed by atoms with Gasteiger partial charge in [-0.3, -0.25) is 4.90 Å². The van der Waals surface area contributed by atoms with Crippen LogP contribution in [0.15, 0.2) is 24.3 Å². The highest BCUT2D eigenvalue weighted by Crippen LogP contribution is 2.25. The molecule has 2 heteroatoms. The predicted octanol–water partition coefficient (Wildman–Crippen LogP) is 3.85. The lowest BCUT2D eigenvalue weighted by atomic mass is 9.87. The zero-order valence-corrected chi connectivity index (χ0v) is 12.9. The first-order valence-corrected chi connectivity index (χ1v) is 7.37. The predicted molar refractivity (Wildman–Crippen MR) is 80.9 cm³/mol. The third-order valence-electron chi connectivity index (χ3n) is 3.93. The molecule has 1 aromatic carbocycles. The van der Waals surface area contributed by atoms with Crippen molar-refractivity contribution in [2.24, 2.45) is 0 Å². The van der Waals surface area contributed by atoms with Gasteiger partial charge < -0.3 is 4.74 Å². The van der Waals surface area contributed by atoms with Crippen molar-refractivity contribution in [2.45, 2.75) is 58.6 Å². The van der Waals surface area contributed by atoms with Crippen molar-refractivity contribution in [2.75, 3.05) is 13.1 Å². The summed E-state index contributed by atoms with van der Waals surface area (Å²) in [6.45, 7) is 13.4. The molecule has 1 fully saturated rings. The van der Waals surface area contributed by atoms with Crippen molar-refractivity contribution in [1.29, 1.82) is 0 Å². The van der Waals surface area contributed by atoms with Gasteiger partial charge in [0, 0.05) is 19.1 Å². The van der Waals surface area contributed by atoms with Crippen molar-refractivity contribution in [3.05, 3.63) is 29.8 Å². The van der Waals surface area contributed by atoms with Crippen LogP contribution in [0.3, 0.4) is 0 Å². The van der Waals surface area contributed by atoms with Gasteiger partial charge in [-0.25, -0.2) is 0 Å². The second-order valence-corrected chi connectivity index (χ2v) is 6.89. The average Bonchev–Trinajstić information content (AvgIpc) is 2.77. The molecule has 1 heterocycles. The first-order chi connectivity index (χ1) is 8.86. The minimum Gasteiger partial charge on any atom is -0.489 e. The molecule has 0 saturated carbocycles. The van der Waals surface area contributed by atoms with Crippen LogP contribution in [0, 0.1) is 0 Å². The Balaban J connectivity index is 1.94. The fourth-order valence-corrected chi connectivity index (χ4v) is 2.55. The Bertz CT molecular complexity index is 402. The van der Waals surface area contributed by atoms with Gasteiger partial charge in [-0.2, -0.15) is 0 Å². The third-order valence-corrected chi connectivity index (χ3v) is 3.93. The number of benzene rings is 1. The van der Waals surface area contributed by atoms with Crippen molar-refractivity contribution in [3.8, 4) is 5.75 Å². The van der Waals surface area contributed by atoms with E-state index in [4.69, 9.17) is 4.74 Å². The number of rotatable bonds is 3. The van der Waals surface area contributed by atoms with Gasteiger partial charge in [0.15, 0.2) is 0 Å². The fraction of sp³-hybridized carbons (Fsp3) is 0.647. The van der Waals surface area contributed by atoms with Crippen molar-refractivity contribution in [3.63, 3.8) is 0 Å². The van der Waals surface area contributed by atoms with Crippen molar-refractivity contribution < 1.29 is 4.74 Å². The average molecular weight is 261 g/mol. The highest BCUT2D eigenvalue weighted by Gasteiger charge is 2.25. The van der Waals surface area contributed by atoms with Gasteiger partial charge in [0.1, 0.15) is 11.9 Å². The number of hydrogen-bond donors (Lipinski definition) is 0. The lowest BCUT2D eigenvalue weighted by molar-refractivity contribution is 0.187. The fourth-order valence-electron chi connectivity index (χ4n) is 2.55. The van der Waals surface area contributed by atoms with Gasteiger partial charge in [-0.15, -0.1) is 0 Å². The van der Waals surface area contributed by atoms with Gasteiger partial charge in [-0.05, 0) is 43.4 Å². The topological polar surface area (TPSA) is 12.5 Å². The van der Waals surface area contributed by atoms with Crippen LogP contribution in [-0.2, 0) is 5.41 Å². The number of likely N-dealkylation sites (tertiary alicyclic amines) is 1. The first-order valence-electron chi connectivity index (χ1n) is 7.37. The zero-order chi connectivity index (χ0) is 14.0. The van der Waals surface area contributed by atoms with E-state index in [9.17, 15) is 0 Å². The molecule has 0 radical (unpaired) electrons. The molecule has 0 aromatic heterocycles. The molecule has 1 saturated heterocycles. The summed E-state index contributed by atoms with van der Waals surface area (Å²) in [6.07, 6.45) is 1.49. The molecule has 2 rings (SSSR count). The Hall–Kier alpha value is -1.02. The largest absolute Gasteiger partial charge is 0.489 e. The maximum atomic E-state index is 6.08. The van der Waals surface area contributed by atoms with Gasteiger partial charge in [-0.1, -0.05) is 32.9 Å². The van der Waals surface area contributed by atoms with E-state index in [1.54, 1.807) is 0 Å². The van der Waals surface area contributed by atoms with Crippen LogP contribution in [-0.4, -0.2) is 30.1 Å². The quantitative estimate of drug-likeness (QED) is 0.819. The van der Waals surface area contributed by atoms with E-state index in [1.165, 1.54) is 5.56 Å². The SMILES string of the molecule is CC(C)N1CCC(Oc2ccc(C(C)(C)C)cc2)C1. The van der Waals surface area contributed by atoms with Gasteiger partial charge in [0.25, 0.3) is 0 Å². The standard InChI is InChI=1S/C17H27NO/c1-13(2)18-11-10-16(12-18)19-15-8-6-14(7-9-15)17(3,4)5/h6-9,13,16H,10-12H2,1-5H3. The van der Waals surface area contributed by atoms with Gasteiger partial charge >= 0.3 is 0 Å². The van der Waals surface area contributed by atoms with E-state index < -0.39 is 0 Å². The van der Waals surface area contributed by atoms with Crippen LogP contribution in [0.2, 0.25) is 0 Å². The van der Waals surface area contributed by atoms with Gasteiger partial charge in [0.05, 0.1) is 0 Å². The maximum absolute atomic E-state index is 6.08. The smallest absolute Gasteiger partial charge is 0.119 e.